The van der Waals surface area contributed by atoms with Crippen molar-refractivity contribution in [3.63, 3.8) is 0 Å². The first-order valence-electron chi connectivity index (χ1n) is 7.39. The summed E-state index contributed by atoms with van der Waals surface area (Å²) in [4.78, 5) is 24.1. The Morgan fingerprint density at radius 2 is 2.04 bits per heavy atom. The minimum absolute atomic E-state index is 0.0927. The predicted molar refractivity (Wildman–Crippen MR) is 86.5 cm³/mol. The molecule has 2 aromatic carbocycles. The molecular weight excluding hydrogens is 329 g/mol. The van der Waals surface area contributed by atoms with Crippen LogP contribution in [0, 0.1) is 5.82 Å². The molecular formula is C17H14FN3O4. The van der Waals surface area contributed by atoms with Gasteiger partial charge in [-0.2, -0.15) is 4.68 Å². The Kier molecular flexibility index (Phi) is 4.69. The van der Waals surface area contributed by atoms with Gasteiger partial charge < -0.3 is 9.47 Å². The van der Waals surface area contributed by atoms with E-state index in [0.717, 1.165) is 4.68 Å². The molecule has 1 heterocycles. The quantitative estimate of drug-likeness (QED) is 0.656. The lowest BCUT2D eigenvalue weighted by Gasteiger charge is -2.07. The largest absolute Gasteiger partial charge is 0.494 e. The summed E-state index contributed by atoms with van der Waals surface area (Å²) in [6.07, 6.45) is -0.142. The van der Waals surface area contributed by atoms with Gasteiger partial charge in [-0.05, 0) is 29.8 Å². The van der Waals surface area contributed by atoms with Crippen molar-refractivity contribution in [2.75, 3.05) is 7.11 Å². The Morgan fingerprint density at radius 1 is 1.24 bits per heavy atom. The molecule has 0 aliphatic carbocycles. The standard InChI is InChI=1S/C17H14FN3O4/c1-24-15-7-6-11(8-13(15)18)9-16(22)25-10-21-17(23)12-4-2-3-5-14(12)19-20-21/h2-8H,9-10H2,1H3. The molecule has 128 valence electrons. The third-order valence-corrected chi connectivity index (χ3v) is 3.54. The molecule has 0 aliphatic heterocycles. The summed E-state index contributed by atoms with van der Waals surface area (Å²) in [7, 11) is 1.36. The van der Waals surface area contributed by atoms with Crippen molar-refractivity contribution >= 4 is 16.9 Å². The molecule has 0 fully saturated rings. The fourth-order valence-electron chi connectivity index (χ4n) is 2.28. The van der Waals surface area contributed by atoms with Gasteiger partial charge in [0.25, 0.3) is 5.56 Å². The third kappa shape index (κ3) is 3.63. The van der Waals surface area contributed by atoms with E-state index < -0.39 is 17.3 Å². The highest BCUT2D eigenvalue weighted by atomic mass is 19.1. The maximum Gasteiger partial charge on any atom is 0.312 e. The normalized spacial score (nSPS) is 10.6. The summed E-state index contributed by atoms with van der Waals surface area (Å²) in [6.45, 7) is -0.367. The number of carbonyl (C=O) groups is 1. The summed E-state index contributed by atoms with van der Waals surface area (Å²) in [5.41, 5.74) is 0.484. The summed E-state index contributed by atoms with van der Waals surface area (Å²) < 4.78 is 24.4. The zero-order valence-corrected chi connectivity index (χ0v) is 13.3. The number of hydrogen-bond donors (Lipinski definition) is 0. The average Bonchev–Trinajstić information content (AvgIpc) is 2.61. The van der Waals surface area contributed by atoms with Gasteiger partial charge in [0, 0.05) is 0 Å². The molecule has 1 aromatic heterocycles. The third-order valence-electron chi connectivity index (χ3n) is 3.54. The number of aromatic nitrogens is 3. The van der Waals surface area contributed by atoms with E-state index in [2.05, 4.69) is 10.3 Å². The highest BCUT2D eigenvalue weighted by Gasteiger charge is 2.11. The van der Waals surface area contributed by atoms with Crippen molar-refractivity contribution in [2.45, 2.75) is 13.2 Å². The van der Waals surface area contributed by atoms with E-state index in [1.807, 2.05) is 0 Å². The fraction of sp³-hybridized carbons (Fsp3) is 0.176. The Morgan fingerprint density at radius 3 is 2.80 bits per heavy atom. The maximum absolute atomic E-state index is 13.6. The molecule has 0 atom stereocenters. The second kappa shape index (κ2) is 7.08. The number of hydrogen-bond acceptors (Lipinski definition) is 6. The van der Waals surface area contributed by atoms with Crippen molar-refractivity contribution < 1.29 is 18.7 Å². The number of carbonyl (C=O) groups excluding carboxylic acids is 1. The minimum atomic E-state index is -0.619. The minimum Gasteiger partial charge on any atom is -0.494 e. The smallest absolute Gasteiger partial charge is 0.312 e. The maximum atomic E-state index is 13.6. The molecule has 25 heavy (non-hydrogen) atoms. The average molecular weight is 343 g/mol. The SMILES string of the molecule is COc1ccc(CC(=O)OCn2nnc3ccccc3c2=O)cc1F. The van der Waals surface area contributed by atoms with Crippen molar-refractivity contribution in [2.24, 2.45) is 0 Å². The summed E-state index contributed by atoms with van der Waals surface area (Å²) >= 11 is 0. The van der Waals surface area contributed by atoms with Crippen LogP contribution < -0.4 is 10.3 Å². The first-order valence-corrected chi connectivity index (χ1v) is 7.39. The Balaban J connectivity index is 1.67. The lowest BCUT2D eigenvalue weighted by molar-refractivity contribution is -0.147. The Labute approximate surface area is 141 Å². The van der Waals surface area contributed by atoms with Crippen molar-refractivity contribution in [3.05, 3.63) is 64.2 Å². The zero-order valence-electron chi connectivity index (χ0n) is 13.3. The first-order chi connectivity index (χ1) is 12.1. The molecule has 0 aliphatic rings. The van der Waals surface area contributed by atoms with Crippen LogP contribution in [0.5, 0.6) is 5.75 Å². The molecule has 0 amide bonds. The number of ether oxygens (including phenoxy) is 2. The highest BCUT2D eigenvalue weighted by Crippen LogP contribution is 2.18. The van der Waals surface area contributed by atoms with E-state index in [9.17, 15) is 14.0 Å². The molecule has 0 unspecified atom stereocenters. The van der Waals surface area contributed by atoms with Crippen LogP contribution in [0.4, 0.5) is 4.39 Å². The molecule has 3 aromatic rings. The lowest BCUT2D eigenvalue weighted by atomic mass is 10.1. The van der Waals surface area contributed by atoms with E-state index >= 15 is 0 Å². The lowest BCUT2D eigenvalue weighted by Crippen LogP contribution is -2.26. The molecule has 0 radical (unpaired) electrons. The number of rotatable bonds is 5. The summed E-state index contributed by atoms with van der Waals surface area (Å²) in [5.74, 6) is -1.09. The van der Waals surface area contributed by atoms with E-state index in [1.165, 1.54) is 19.2 Å². The number of methoxy groups -OCH3 is 1. The van der Waals surface area contributed by atoms with E-state index in [0.29, 0.717) is 16.5 Å². The monoisotopic (exact) mass is 343 g/mol. The van der Waals surface area contributed by atoms with Crippen molar-refractivity contribution in [1.82, 2.24) is 15.0 Å². The van der Waals surface area contributed by atoms with Crippen LogP contribution in [0.3, 0.4) is 0 Å². The molecule has 7 nitrogen and oxygen atoms in total. The van der Waals surface area contributed by atoms with Crippen LogP contribution in [0.1, 0.15) is 5.56 Å². The van der Waals surface area contributed by atoms with Crippen LogP contribution in [0.2, 0.25) is 0 Å². The topological polar surface area (TPSA) is 83.3 Å². The van der Waals surface area contributed by atoms with Crippen LogP contribution >= 0.6 is 0 Å². The number of halogens is 1. The van der Waals surface area contributed by atoms with E-state index in [-0.39, 0.29) is 18.9 Å². The number of benzene rings is 2. The van der Waals surface area contributed by atoms with Gasteiger partial charge in [0.15, 0.2) is 18.3 Å². The molecule has 0 spiro atoms. The van der Waals surface area contributed by atoms with E-state index in [1.54, 1.807) is 30.3 Å². The van der Waals surface area contributed by atoms with Crippen LogP contribution in [0.25, 0.3) is 10.9 Å². The van der Waals surface area contributed by atoms with Crippen LogP contribution in [-0.4, -0.2) is 28.1 Å². The van der Waals surface area contributed by atoms with Gasteiger partial charge in [-0.15, -0.1) is 5.10 Å². The van der Waals surface area contributed by atoms with Gasteiger partial charge in [-0.1, -0.05) is 23.4 Å². The zero-order chi connectivity index (χ0) is 17.8. The van der Waals surface area contributed by atoms with Gasteiger partial charge in [-0.25, -0.2) is 4.39 Å². The molecule has 8 heteroatoms. The molecule has 0 saturated heterocycles. The summed E-state index contributed by atoms with van der Waals surface area (Å²) in [6, 6.07) is 10.9. The fourth-order valence-corrected chi connectivity index (χ4v) is 2.28. The second-order valence-corrected chi connectivity index (χ2v) is 5.20. The Bertz CT molecular complexity index is 987. The number of fused-ring (bicyclic) bond motifs is 1. The number of esters is 1. The van der Waals surface area contributed by atoms with Gasteiger partial charge in [0.05, 0.1) is 18.9 Å². The molecule has 0 N–H and O–H groups in total. The molecule has 0 bridgehead atoms. The van der Waals surface area contributed by atoms with Gasteiger partial charge in [0.2, 0.25) is 0 Å². The van der Waals surface area contributed by atoms with Gasteiger partial charge in [0.1, 0.15) is 5.52 Å². The van der Waals surface area contributed by atoms with Crippen LogP contribution in [0.15, 0.2) is 47.3 Å². The second-order valence-electron chi connectivity index (χ2n) is 5.20. The molecule has 0 saturated carbocycles. The Hall–Kier alpha value is -3.29. The van der Waals surface area contributed by atoms with Gasteiger partial charge in [-0.3, -0.25) is 9.59 Å². The predicted octanol–water partition coefficient (Wildman–Crippen LogP) is 1.68. The molecule has 3 rings (SSSR count). The first kappa shape index (κ1) is 16.6. The van der Waals surface area contributed by atoms with Crippen LogP contribution in [-0.2, 0) is 22.7 Å². The van der Waals surface area contributed by atoms with Gasteiger partial charge >= 0.3 is 5.97 Å². The van der Waals surface area contributed by atoms with Crippen molar-refractivity contribution in [3.8, 4) is 5.75 Å². The number of nitrogens with zero attached hydrogens (tertiary/aromatic N) is 3. The van der Waals surface area contributed by atoms with E-state index in [4.69, 9.17) is 9.47 Å². The highest BCUT2D eigenvalue weighted by molar-refractivity contribution is 5.76. The van der Waals surface area contributed by atoms with Crippen molar-refractivity contribution in [1.29, 1.82) is 0 Å². The summed E-state index contributed by atoms with van der Waals surface area (Å²) in [5, 5.41) is 8.00.